The molecule has 0 saturated carbocycles. The summed E-state index contributed by atoms with van der Waals surface area (Å²) in [5.41, 5.74) is 1.52. The Labute approximate surface area is 137 Å². The van der Waals surface area contributed by atoms with Crippen molar-refractivity contribution in [3.63, 3.8) is 0 Å². The van der Waals surface area contributed by atoms with Crippen molar-refractivity contribution in [2.45, 2.75) is 0 Å². The largest absolute Gasteiger partial charge is 0.496 e. The Bertz CT molecular complexity index is 945. The summed E-state index contributed by atoms with van der Waals surface area (Å²) in [5, 5.41) is 4.03. The van der Waals surface area contributed by atoms with Gasteiger partial charge in [0.15, 0.2) is 0 Å². The molecule has 0 fully saturated rings. The Hall–Kier alpha value is -3.48. The number of hydrogen-bond donors (Lipinski definition) is 0. The Balaban J connectivity index is 1.65. The van der Waals surface area contributed by atoms with Crippen LogP contribution in [-0.4, -0.2) is 31.8 Å². The van der Waals surface area contributed by atoms with Crippen LogP contribution in [0.2, 0.25) is 0 Å². The summed E-state index contributed by atoms with van der Waals surface area (Å²) in [6.45, 7) is 0. The molecule has 7 nitrogen and oxygen atoms in total. The molecule has 118 valence electrons. The molecule has 0 N–H and O–H groups in total. The van der Waals surface area contributed by atoms with E-state index in [0.29, 0.717) is 17.5 Å². The molecule has 0 aliphatic rings. The van der Waals surface area contributed by atoms with Crippen LogP contribution < -0.4 is 4.74 Å². The number of pyridine rings is 1. The zero-order valence-electron chi connectivity index (χ0n) is 12.8. The summed E-state index contributed by atoms with van der Waals surface area (Å²) < 4.78 is 12.5. The maximum Gasteiger partial charge on any atom is 0.262 e. The van der Waals surface area contributed by atoms with E-state index in [1.807, 2.05) is 47.2 Å². The lowest BCUT2D eigenvalue weighted by Gasteiger charge is -2.03. The number of benzene rings is 1. The third kappa shape index (κ3) is 2.52. The van der Waals surface area contributed by atoms with Crippen LogP contribution in [-0.2, 0) is 0 Å². The molecule has 0 aliphatic heterocycles. The van der Waals surface area contributed by atoms with Gasteiger partial charge in [-0.25, -0.2) is 9.97 Å². The van der Waals surface area contributed by atoms with E-state index in [2.05, 4.69) is 20.1 Å². The second-order valence-corrected chi connectivity index (χ2v) is 5.00. The van der Waals surface area contributed by atoms with E-state index < -0.39 is 0 Å². The minimum atomic E-state index is 0.404. The van der Waals surface area contributed by atoms with Crippen LogP contribution in [0.3, 0.4) is 0 Å². The Morgan fingerprint density at radius 3 is 2.79 bits per heavy atom. The van der Waals surface area contributed by atoms with Crippen LogP contribution in [0.4, 0.5) is 0 Å². The van der Waals surface area contributed by atoms with Crippen molar-refractivity contribution in [3.05, 3.63) is 61.3 Å². The molecule has 0 atom stereocenters. The lowest BCUT2D eigenvalue weighted by molar-refractivity contribution is 0.405. The number of methoxy groups -OCH3 is 1. The summed E-state index contributed by atoms with van der Waals surface area (Å²) in [5.74, 6) is 2.33. The Morgan fingerprint density at radius 1 is 1.12 bits per heavy atom. The lowest BCUT2D eigenvalue weighted by Crippen LogP contribution is -1.94. The molecule has 3 aromatic heterocycles. The van der Waals surface area contributed by atoms with Gasteiger partial charge in [-0.2, -0.15) is 4.98 Å². The van der Waals surface area contributed by atoms with Crippen LogP contribution in [0.1, 0.15) is 0 Å². The normalized spacial score (nSPS) is 10.7. The molecular formula is C17H13N5O2. The highest BCUT2D eigenvalue weighted by Crippen LogP contribution is 2.29. The second kappa shape index (κ2) is 5.96. The third-order valence-corrected chi connectivity index (χ3v) is 3.54. The molecule has 4 aromatic rings. The van der Waals surface area contributed by atoms with Crippen molar-refractivity contribution in [3.8, 4) is 34.4 Å². The molecule has 24 heavy (non-hydrogen) atoms. The van der Waals surface area contributed by atoms with Gasteiger partial charge in [-0.05, 0) is 24.3 Å². The fourth-order valence-electron chi connectivity index (χ4n) is 2.34. The first-order chi connectivity index (χ1) is 11.8. The van der Waals surface area contributed by atoms with Gasteiger partial charge in [-0.1, -0.05) is 17.3 Å². The standard InChI is InChI=1S/C17H13N5O2/c1-23-14-5-3-2-4-13(14)17-20-16(21-24-17)12-6-7-15(19-10-12)22-9-8-18-11-22/h2-11H,1H3. The van der Waals surface area contributed by atoms with E-state index in [4.69, 9.17) is 9.26 Å². The van der Waals surface area contributed by atoms with Crippen molar-refractivity contribution >= 4 is 0 Å². The number of para-hydroxylation sites is 1. The van der Waals surface area contributed by atoms with Gasteiger partial charge < -0.3 is 9.26 Å². The van der Waals surface area contributed by atoms with Crippen LogP contribution in [0, 0.1) is 0 Å². The van der Waals surface area contributed by atoms with Crippen molar-refractivity contribution in [1.29, 1.82) is 0 Å². The van der Waals surface area contributed by atoms with E-state index in [1.165, 1.54) is 0 Å². The van der Waals surface area contributed by atoms with Crippen LogP contribution in [0.25, 0.3) is 28.7 Å². The highest BCUT2D eigenvalue weighted by molar-refractivity contribution is 5.65. The maximum atomic E-state index is 5.37. The summed E-state index contributed by atoms with van der Waals surface area (Å²) in [4.78, 5) is 12.8. The van der Waals surface area contributed by atoms with E-state index >= 15 is 0 Å². The highest BCUT2D eigenvalue weighted by Gasteiger charge is 2.14. The molecule has 0 aliphatic carbocycles. The van der Waals surface area contributed by atoms with Gasteiger partial charge in [0.25, 0.3) is 5.89 Å². The maximum absolute atomic E-state index is 5.37. The Morgan fingerprint density at radius 2 is 2.04 bits per heavy atom. The molecule has 0 spiro atoms. The predicted molar refractivity (Wildman–Crippen MR) is 86.6 cm³/mol. The first-order valence-corrected chi connectivity index (χ1v) is 7.27. The molecule has 1 aromatic carbocycles. The summed E-state index contributed by atoms with van der Waals surface area (Å²) >= 11 is 0. The van der Waals surface area contributed by atoms with Crippen LogP contribution in [0.5, 0.6) is 5.75 Å². The molecule has 7 heteroatoms. The first-order valence-electron chi connectivity index (χ1n) is 7.27. The van der Waals surface area contributed by atoms with Gasteiger partial charge in [0, 0.05) is 24.2 Å². The molecule has 0 bridgehead atoms. The lowest BCUT2D eigenvalue weighted by atomic mass is 10.2. The van der Waals surface area contributed by atoms with E-state index in [9.17, 15) is 0 Å². The summed E-state index contributed by atoms with van der Waals surface area (Å²) in [6, 6.07) is 11.3. The molecule has 0 unspecified atom stereocenters. The zero-order valence-corrected chi connectivity index (χ0v) is 12.8. The molecule has 4 rings (SSSR count). The number of nitrogens with zero attached hydrogens (tertiary/aromatic N) is 5. The minimum absolute atomic E-state index is 0.404. The van der Waals surface area contributed by atoms with Gasteiger partial charge in [0.05, 0.1) is 12.7 Å². The molecule has 0 amide bonds. The highest BCUT2D eigenvalue weighted by atomic mass is 16.5. The van der Waals surface area contributed by atoms with Crippen LogP contribution in [0.15, 0.2) is 65.8 Å². The third-order valence-electron chi connectivity index (χ3n) is 3.54. The molecular weight excluding hydrogens is 306 g/mol. The van der Waals surface area contributed by atoms with Crippen LogP contribution >= 0.6 is 0 Å². The average molecular weight is 319 g/mol. The topological polar surface area (TPSA) is 78.9 Å². The number of ether oxygens (including phenoxy) is 1. The Kier molecular flexibility index (Phi) is 3.51. The van der Waals surface area contributed by atoms with Crippen molar-refractivity contribution in [1.82, 2.24) is 24.7 Å². The van der Waals surface area contributed by atoms with Gasteiger partial charge in [0.1, 0.15) is 17.9 Å². The van der Waals surface area contributed by atoms with Gasteiger partial charge in [-0.3, -0.25) is 4.57 Å². The number of rotatable bonds is 4. The fourth-order valence-corrected chi connectivity index (χ4v) is 2.34. The van der Waals surface area contributed by atoms with Crippen molar-refractivity contribution < 1.29 is 9.26 Å². The summed E-state index contributed by atoms with van der Waals surface area (Å²) in [6.07, 6.45) is 6.92. The zero-order chi connectivity index (χ0) is 16.4. The number of hydrogen-bond acceptors (Lipinski definition) is 6. The van der Waals surface area contributed by atoms with E-state index in [-0.39, 0.29) is 0 Å². The van der Waals surface area contributed by atoms with E-state index in [1.54, 1.807) is 25.8 Å². The van der Waals surface area contributed by atoms with Gasteiger partial charge in [0.2, 0.25) is 5.82 Å². The van der Waals surface area contributed by atoms with Crippen molar-refractivity contribution in [2.75, 3.05) is 7.11 Å². The SMILES string of the molecule is COc1ccccc1-c1nc(-c2ccc(-n3ccnc3)nc2)no1. The van der Waals surface area contributed by atoms with Gasteiger partial charge >= 0.3 is 0 Å². The van der Waals surface area contributed by atoms with E-state index in [0.717, 1.165) is 16.9 Å². The minimum Gasteiger partial charge on any atom is -0.496 e. The fraction of sp³-hybridized carbons (Fsp3) is 0.0588. The number of aromatic nitrogens is 5. The quantitative estimate of drug-likeness (QED) is 0.575. The predicted octanol–water partition coefficient (Wildman–Crippen LogP) is 2.99. The first kappa shape index (κ1) is 14.1. The molecule has 3 heterocycles. The monoisotopic (exact) mass is 319 g/mol. The van der Waals surface area contributed by atoms with Crippen molar-refractivity contribution in [2.24, 2.45) is 0 Å². The van der Waals surface area contributed by atoms with Gasteiger partial charge in [-0.15, -0.1) is 0 Å². The number of imidazole rings is 1. The average Bonchev–Trinajstić information content (AvgIpc) is 3.34. The molecule has 0 radical (unpaired) electrons. The molecule has 0 saturated heterocycles. The second-order valence-electron chi connectivity index (χ2n) is 5.00. The summed E-state index contributed by atoms with van der Waals surface area (Å²) in [7, 11) is 1.61. The smallest absolute Gasteiger partial charge is 0.262 e.